The summed E-state index contributed by atoms with van der Waals surface area (Å²) in [6.45, 7) is 2.43. The number of nitrogens with one attached hydrogen (secondary N) is 1. The van der Waals surface area contributed by atoms with E-state index in [1.165, 1.54) is 4.90 Å². The van der Waals surface area contributed by atoms with E-state index >= 15 is 0 Å². The maximum absolute atomic E-state index is 12.1. The third-order valence-corrected chi connectivity index (χ3v) is 3.82. The molecule has 1 aromatic rings. The third-order valence-electron chi connectivity index (χ3n) is 3.16. The Hall–Kier alpha value is -1.56. The average Bonchev–Trinajstić information content (AvgIpc) is 2.82. The van der Waals surface area contributed by atoms with Crippen LogP contribution in [-0.2, 0) is 4.79 Å². The van der Waals surface area contributed by atoms with E-state index in [1.807, 2.05) is 19.1 Å². The van der Waals surface area contributed by atoms with Gasteiger partial charge < -0.3 is 15.3 Å². The molecule has 1 aromatic carbocycles. The van der Waals surface area contributed by atoms with Gasteiger partial charge in [0.15, 0.2) is 0 Å². The lowest BCUT2D eigenvalue weighted by Gasteiger charge is -2.22. The first-order valence-electron chi connectivity index (χ1n) is 6.05. The summed E-state index contributed by atoms with van der Waals surface area (Å²) in [7, 11) is 0. The Labute approximate surface area is 119 Å². The van der Waals surface area contributed by atoms with Crippen LogP contribution >= 0.6 is 15.9 Å². The number of hydrogen-bond acceptors (Lipinski definition) is 2. The minimum absolute atomic E-state index is 0.366. The zero-order chi connectivity index (χ0) is 14.0. The Kier molecular flexibility index (Phi) is 4.09. The number of urea groups is 1. The Morgan fingerprint density at radius 3 is 2.84 bits per heavy atom. The number of rotatable bonds is 2. The normalized spacial score (nSPS) is 18.4. The minimum Gasteiger partial charge on any atom is -0.480 e. The molecule has 1 saturated heterocycles. The van der Waals surface area contributed by atoms with Gasteiger partial charge in [-0.3, -0.25) is 0 Å². The molecule has 1 aliphatic rings. The third kappa shape index (κ3) is 3.07. The Morgan fingerprint density at radius 1 is 1.47 bits per heavy atom. The number of carbonyl (C=O) groups is 2. The highest BCUT2D eigenvalue weighted by Crippen LogP contribution is 2.25. The van der Waals surface area contributed by atoms with E-state index in [-0.39, 0.29) is 6.03 Å². The number of anilines is 1. The summed E-state index contributed by atoms with van der Waals surface area (Å²) in [4.78, 5) is 24.5. The van der Waals surface area contributed by atoms with Crippen LogP contribution < -0.4 is 5.32 Å². The fraction of sp³-hybridized carbons (Fsp3) is 0.385. The van der Waals surface area contributed by atoms with Gasteiger partial charge in [0.05, 0.1) is 5.69 Å². The predicted molar refractivity (Wildman–Crippen MR) is 75.3 cm³/mol. The lowest BCUT2D eigenvalue weighted by atomic mass is 10.2. The number of nitrogens with zero attached hydrogens (tertiary/aromatic N) is 1. The summed E-state index contributed by atoms with van der Waals surface area (Å²) in [5.74, 6) is -0.948. The van der Waals surface area contributed by atoms with Gasteiger partial charge in [-0.05, 0) is 53.4 Å². The average molecular weight is 327 g/mol. The molecule has 0 bridgehead atoms. The second-order valence-electron chi connectivity index (χ2n) is 4.60. The smallest absolute Gasteiger partial charge is 0.326 e. The first-order chi connectivity index (χ1) is 8.99. The lowest BCUT2D eigenvalue weighted by Crippen LogP contribution is -2.42. The maximum Gasteiger partial charge on any atom is 0.326 e. The summed E-state index contributed by atoms with van der Waals surface area (Å²) in [6.07, 6.45) is 1.23. The Bertz CT molecular complexity index is 519. The monoisotopic (exact) mass is 326 g/mol. The second-order valence-corrected chi connectivity index (χ2v) is 5.46. The fourth-order valence-corrected chi connectivity index (χ4v) is 2.77. The predicted octanol–water partition coefficient (Wildman–Crippen LogP) is 2.84. The quantitative estimate of drug-likeness (QED) is 0.877. The van der Waals surface area contributed by atoms with Crippen molar-refractivity contribution in [1.82, 2.24) is 4.90 Å². The van der Waals surface area contributed by atoms with Gasteiger partial charge in [-0.25, -0.2) is 9.59 Å². The minimum atomic E-state index is -0.948. The number of carbonyl (C=O) groups excluding carboxylic acids is 1. The van der Waals surface area contributed by atoms with Crippen molar-refractivity contribution in [3.8, 4) is 0 Å². The van der Waals surface area contributed by atoms with Gasteiger partial charge in [0.25, 0.3) is 0 Å². The van der Waals surface area contributed by atoms with Crippen molar-refractivity contribution < 1.29 is 14.7 Å². The van der Waals surface area contributed by atoms with E-state index in [1.54, 1.807) is 6.07 Å². The van der Waals surface area contributed by atoms with Crippen LogP contribution in [-0.4, -0.2) is 34.6 Å². The number of halogens is 1. The van der Waals surface area contributed by atoms with Gasteiger partial charge >= 0.3 is 12.0 Å². The van der Waals surface area contributed by atoms with Crippen LogP contribution in [0.2, 0.25) is 0 Å². The number of hydrogen-bond donors (Lipinski definition) is 2. The standard InChI is InChI=1S/C13H15BrN2O3/c1-8-4-5-10(9(14)7-8)15-13(19)16-6-2-3-11(16)12(17)18/h4-5,7,11H,2-3,6H2,1H3,(H,15,19)(H,17,18)/t11-/m0/s1. The van der Waals surface area contributed by atoms with Crippen LogP contribution in [0.1, 0.15) is 18.4 Å². The molecule has 0 saturated carbocycles. The molecule has 2 amide bonds. The number of carboxylic acids is 1. The highest BCUT2D eigenvalue weighted by Gasteiger charge is 2.34. The van der Waals surface area contributed by atoms with Crippen molar-refractivity contribution in [2.75, 3.05) is 11.9 Å². The molecule has 0 spiro atoms. The first kappa shape index (κ1) is 13.9. The zero-order valence-electron chi connectivity index (χ0n) is 10.5. The topological polar surface area (TPSA) is 69.6 Å². The van der Waals surface area contributed by atoms with Gasteiger partial charge in [-0.2, -0.15) is 0 Å². The number of aryl methyl sites for hydroxylation is 1. The van der Waals surface area contributed by atoms with Crippen molar-refractivity contribution in [2.45, 2.75) is 25.8 Å². The van der Waals surface area contributed by atoms with Gasteiger partial charge in [0, 0.05) is 11.0 Å². The SMILES string of the molecule is Cc1ccc(NC(=O)N2CCC[C@H]2C(=O)O)c(Br)c1. The van der Waals surface area contributed by atoms with E-state index in [2.05, 4.69) is 21.2 Å². The maximum atomic E-state index is 12.1. The van der Waals surface area contributed by atoms with Gasteiger partial charge in [0.1, 0.15) is 6.04 Å². The highest BCUT2D eigenvalue weighted by atomic mass is 79.9. The summed E-state index contributed by atoms with van der Waals surface area (Å²) < 4.78 is 0.784. The van der Waals surface area contributed by atoms with Gasteiger partial charge in [0.2, 0.25) is 0 Å². The molecule has 0 aliphatic carbocycles. The highest BCUT2D eigenvalue weighted by molar-refractivity contribution is 9.10. The number of amides is 2. The van der Waals surface area contributed by atoms with Gasteiger partial charge in [-0.1, -0.05) is 6.07 Å². The number of benzene rings is 1. The molecule has 1 heterocycles. The van der Waals surface area contributed by atoms with Gasteiger partial charge in [-0.15, -0.1) is 0 Å². The summed E-state index contributed by atoms with van der Waals surface area (Å²) in [6, 6.07) is 4.50. The Balaban J connectivity index is 2.10. The van der Waals surface area contributed by atoms with Crippen molar-refractivity contribution >= 4 is 33.6 Å². The zero-order valence-corrected chi connectivity index (χ0v) is 12.1. The van der Waals surface area contributed by atoms with E-state index in [0.717, 1.165) is 16.5 Å². The van der Waals surface area contributed by atoms with E-state index in [0.29, 0.717) is 18.7 Å². The number of aliphatic carboxylic acids is 1. The number of likely N-dealkylation sites (tertiary alicyclic amines) is 1. The van der Waals surface area contributed by atoms with Crippen LogP contribution in [0.15, 0.2) is 22.7 Å². The Morgan fingerprint density at radius 2 is 2.21 bits per heavy atom. The van der Waals surface area contributed by atoms with Crippen LogP contribution in [0, 0.1) is 6.92 Å². The van der Waals surface area contributed by atoms with E-state index < -0.39 is 12.0 Å². The van der Waals surface area contributed by atoms with E-state index in [4.69, 9.17) is 5.11 Å². The van der Waals surface area contributed by atoms with Crippen molar-refractivity contribution in [2.24, 2.45) is 0 Å². The lowest BCUT2D eigenvalue weighted by molar-refractivity contribution is -0.141. The fourth-order valence-electron chi connectivity index (χ4n) is 2.18. The number of carboxylic acid groups (broad SMARTS) is 1. The molecule has 0 radical (unpaired) electrons. The summed E-state index contributed by atoms with van der Waals surface area (Å²) in [5, 5.41) is 11.8. The molecule has 0 unspecified atom stereocenters. The van der Waals surface area contributed by atoms with Crippen molar-refractivity contribution in [3.05, 3.63) is 28.2 Å². The molecule has 0 aromatic heterocycles. The molecular weight excluding hydrogens is 312 g/mol. The molecule has 2 rings (SSSR count). The molecule has 2 N–H and O–H groups in total. The molecule has 1 fully saturated rings. The van der Waals surface area contributed by atoms with Crippen molar-refractivity contribution in [3.63, 3.8) is 0 Å². The molecule has 6 heteroatoms. The molecular formula is C13H15BrN2O3. The summed E-state index contributed by atoms with van der Waals surface area (Å²) >= 11 is 3.38. The molecule has 5 nitrogen and oxygen atoms in total. The first-order valence-corrected chi connectivity index (χ1v) is 6.85. The molecule has 1 atom stereocenters. The molecule has 19 heavy (non-hydrogen) atoms. The van der Waals surface area contributed by atoms with Crippen LogP contribution in [0.3, 0.4) is 0 Å². The van der Waals surface area contributed by atoms with Crippen LogP contribution in [0.25, 0.3) is 0 Å². The van der Waals surface area contributed by atoms with Crippen LogP contribution in [0.4, 0.5) is 10.5 Å². The van der Waals surface area contributed by atoms with Crippen molar-refractivity contribution in [1.29, 1.82) is 0 Å². The molecule has 102 valence electrons. The summed E-state index contributed by atoms with van der Waals surface area (Å²) in [5.41, 5.74) is 1.72. The van der Waals surface area contributed by atoms with E-state index in [9.17, 15) is 9.59 Å². The second kappa shape index (κ2) is 5.61. The largest absolute Gasteiger partial charge is 0.480 e. The van der Waals surface area contributed by atoms with Crippen LogP contribution in [0.5, 0.6) is 0 Å². The molecule has 1 aliphatic heterocycles.